The predicted molar refractivity (Wildman–Crippen MR) is 137 cm³/mol. The molecular formula is C26H37N5O6. The maximum absolute atomic E-state index is 13.1. The van der Waals surface area contributed by atoms with Gasteiger partial charge in [-0.3, -0.25) is 14.4 Å². The van der Waals surface area contributed by atoms with Crippen LogP contribution in [0.3, 0.4) is 0 Å². The number of aliphatic hydroxyl groups excluding tert-OH is 1. The lowest BCUT2D eigenvalue weighted by atomic mass is 9.98. The average molecular weight is 516 g/mol. The van der Waals surface area contributed by atoms with E-state index < -0.39 is 48.1 Å². The molecule has 0 spiro atoms. The molecule has 2 heterocycles. The van der Waals surface area contributed by atoms with Crippen LogP contribution < -0.4 is 16.4 Å². The number of aromatic nitrogens is 1. The van der Waals surface area contributed by atoms with Gasteiger partial charge in [-0.2, -0.15) is 0 Å². The van der Waals surface area contributed by atoms with Crippen LogP contribution >= 0.6 is 0 Å². The Labute approximate surface area is 215 Å². The van der Waals surface area contributed by atoms with Crippen LogP contribution in [-0.4, -0.2) is 80.6 Å². The van der Waals surface area contributed by atoms with Crippen LogP contribution in [0.1, 0.15) is 45.6 Å². The second-order valence-corrected chi connectivity index (χ2v) is 9.79. The van der Waals surface area contributed by atoms with Crippen LogP contribution in [-0.2, 0) is 25.6 Å². The number of likely N-dealkylation sites (tertiary alicyclic amines) is 1. The SMILES string of the molecule is CCC(C)C(N)C(=O)N1CCCC1C(=O)NC(C(=O)NC(Cc1c[nH]c2ccccc12)C(=O)O)C(C)O. The highest BCUT2D eigenvalue weighted by Crippen LogP contribution is 2.21. The molecule has 37 heavy (non-hydrogen) atoms. The van der Waals surface area contributed by atoms with Gasteiger partial charge in [0.25, 0.3) is 0 Å². The number of hydrogen-bond acceptors (Lipinski definition) is 6. The first kappa shape index (κ1) is 28.1. The zero-order valence-corrected chi connectivity index (χ0v) is 21.4. The summed E-state index contributed by atoms with van der Waals surface area (Å²) in [6.45, 7) is 5.51. The number of carboxylic acid groups (broad SMARTS) is 1. The molecule has 1 aliphatic heterocycles. The second kappa shape index (κ2) is 12.2. The van der Waals surface area contributed by atoms with Crippen LogP contribution in [0.5, 0.6) is 0 Å². The number of aliphatic hydroxyl groups is 1. The Hall–Kier alpha value is -3.44. The maximum Gasteiger partial charge on any atom is 0.326 e. The number of carboxylic acids is 1. The van der Waals surface area contributed by atoms with Gasteiger partial charge in [-0.15, -0.1) is 0 Å². The fourth-order valence-electron chi connectivity index (χ4n) is 4.63. The highest BCUT2D eigenvalue weighted by molar-refractivity contribution is 5.95. The van der Waals surface area contributed by atoms with Crippen molar-refractivity contribution in [1.29, 1.82) is 0 Å². The molecule has 7 N–H and O–H groups in total. The quantitative estimate of drug-likeness (QED) is 0.252. The lowest BCUT2D eigenvalue weighted by molar-refractivity contribution is -0.144. The second-order valence-electron chi connectivity index (χ2n) is 9.79. The molecule has 1 saturated heterocycles. The monoisotopic (exact) mass is 515 g/mol. The Balaban J connectivity index is 1.70. The summed E-state index contributed by atoms with van der Waals surface area (Å²) in [5.74, 6) is -3.05. The fourth-order valence-corrected chi connectivity index (χ4v) is 4.63. The van der Waals surface area contributed by atoms with Crippen molar-refractivity contribution in [3.8, 4) is 0 Å². The topological polar surface area (TPSA) is 178 Å². The molecule has 3 amide bonds. The molecule has 0 bridgehead atoms. The highest BCUT2D eigenvalue weighted by Gasteiger charge is 2.39. The summed E-state index contributed by atoms with van der Waals surface area (Å²) in [5, 5.41) is 25.8. The van der Waals surface area contributed by atoms with E-state index in [9.17, 15) is 29.4 Å². The number of aromatic amines is 1. The van der Waals surface area contributed by atoms with Gasteiger partial charge in [0, 0.05) is 30.1 Å². The van der Waals surface area contributed by atoms with E-state index in [1.54, 1.807) is 6.20 Å². The number of carbonyl (C=O) groups excluding carboxylic acids is 3. The summed E-state index contributed by atoms with van der Waals surface area (Å²) in [4.78, 5) is 55.5. The molecule has 0 radical (unpaired) electrons. The molecule has 1 fully saturated rings. The molecule has 2 aromatic rings. The summed E-state index contributed by atoms with van der Waals surface area (Å²) in [7, 11) is 0. The van der Waals surface area contributed by atoms with Crippen molar-refractivity contribution >= 4 is 34.6 Å². The van der Waals surface area contributed by atoms with Crippen molar-refractivity contribution in [3.05, 3.63) is 36.0 Å². The van der Waals surface area contributed by atoms with Crippen molar-refractivity contribution in [2.75, 3.05) is 6.54 Å². The standard InChI is InChI=1S/C26H37N5O6/c1-4-14(2)21(27)25(35)31-11-7-10-20(31)23(33)30-22(15(3)32)24(34)29-19(26(36)37)12-16-13-28-18-9-6-5-8-17(16)18/h5-6,8-9,13-15,19-22,28,32H,4,7,10-12,27H2,1-3H3,(H,29,34)(H,30,33)(H,36,37). The van der Waals surface area contributed by atoms with Gasteiger partial charge in [0.05, 0.1) is 12.1 Å². The number of hydrogen-bond donors (Lipinski definition) is 6. The van der Waals surface area contributed by atoms with Crippen molar-refractivity contribution < 1.29 is 29.4 Å². The Morgan fingerprint density at radius 1 is 1.19 bits per heavy atom. The first-order chi connectivity index (χ1) is 17.5. The third kappa shape index (κ3) is 6.47. The van der Waals surface area contributed by atoms with E-state index in [0.717, 1.165) is 10.9 Å². The lowest BCUT2D eigenvalue weighted by Crippen LogP contribution is -2.59. The summed E-state index contributed by atoms with van der Waals surface area (Å²) < 4.78 is 0. The van der Waals surface area contributed by atoms with Crippen molar-refractivity contribution in [2.24, 2.45) is 11.7 Å². The first-order valence-electron chi connectivity index (χ1n) is 12.7. The van der Waals surface area contributed by atoms with Gasteiger partial charge >= 0.3 is 5.97 Å². The van der Waals surface area contributed by atoms with Gasteiger partial charge in [-0.1, -0.05) is 38.5 Å². The van der Waals surface area contributed by atoms with E-state index in [1.165, 1.54) is 11.8 Å². The maximum atomic E-state index is 13.1. The minimum absolute atomic E-state index is 0.00394. The summed E-state index contributed by atoms with van der Waals surface area (Å²) in [6, 6.07) is 3.14. The number of nitrogens with one attached hydrogen (secondary N) is 3. The van der Waals surface area contributed by atoms with Gasteiger partial charge in [0.15, 0.2) is 0 Å². The first-order valence-corrected chi connectivity index (χ1v) is 12.7. The van der Waals surface area contributed by atoms with Gasteiger partial charge in [0.2, 0.25) is 17.7 Å². The molecule has 1 aromatic carbocycles. The number of nitrogens with two attached hydrogens (primary N) is 1. The molecule has 3 rings (SSSR count). The van der Waals surface area contributed by atoms with E-state index in [-0.39, 0.29) is 18.2 Å². The zero-order valence-electron chi connectivity index (χ0n) is 21.4. The minimum Gasteiger partial charge on any atom is -0.480 e. The lowest BCUT2D eigenvalue weighted by Gasteiger charge is -2.30. The van der Waals surface area contributed by atoms with Crippen molar-refractivity contribution in [1.82, 2.24) is 20.5 Å². The molecule has 6 unspecified atom stereocenters. The number of carbonyl (C=O) groups is 4. The number of para-hydroxylation sites is 1. The fraction of sp³-hybridized carbons (Fsp3) is 0.538. The Morgan fingerprint density at radius 3 is 2.54 bits per heavy atom. The zero-order chi connectivity index (χ0) is 27.3. The molecule has 6 atom stereocenters. The summed E-state index contributed by atoms with van der Waals surface area (Å²) >= 11 is 0. The van der Waals surface area contributed by atoms with Gasteiger partial charge in [0.1, 0.15) is 18.1 Å². The molecule has 11 nitrogen and oxygen atoms in total. The Morgan fingerprint density at radius 2 is 1.89 bits per heavy atom. The van der Waals surface area contributed by atoms with Crippen molar-refractivity contribution in [2.45, 2.75) is 76.7 Å². The van der Waals surface area contributed by atoms with Crippen LogP contribution in [0, 0.1) is 5.92 Å². The number of amides is 3. The number of nitrogens with zero attached hydrogens (tertiary/aromatic N) is 1. The Kier molecular flexibility index (Phi) is 9.28. The van der Waals surface area contributed by atoms with Crippen LogP contribution in [0.2, 0.25) is 0 Å². The third-order valence-corrected chi connectivity index (χ3v) is 7.16. The van der Waals surface area contributed by atoms with E-state index in [2.05, 4.69) is 15.6 Å². The average Bonchev–Trinajstić information content (AvgIpc) is 3.52. The van der Waals surface area contributed by atoms with E-state index in [0.29, 0.717) is 31.4 Å². The number of aliphatic carboxylic acids is 1. The number of H-pyrrole nitrogens is 1. The van der Waals surface area contributed by atoms with E-state index in [4.69, 9.17) is 5.73 Å². The third-order valence-electron chi connectivity index (χ3n) is 7.16. The molecule has 1 aliphatic rings. The Bertz CT molecular complexity index is 1130. The minimum atomic E-state index is -1.40. The highest BCUT2D eigenvalue weighted by atomic mass is 16.4. The van der Waals surface area contributed by atoms with Gasteiger partial charge < -0.3 is 36.5 Å². The summed E-state index contributed by atoms with van der Waals surface area (Å²) in [5.41, 5.74) is 7.65. The summed E-state index contributed by atoms with van der Waals surface area (Å²) in [6.07, 6.45) is 2.11. The van der Waals surface area contributed by atoms with Crippen LogP contribution in [0.15, 0.2) is 30.5 Å². The number of fused-ring (bicyclic) bond motifs is 1. The van der Waals surface area contributed by atoms with E-state index >= 15 is 0 Å². The van der Waals surface area contributed by atoms with Crippen LogP contribution in [0.25, 0.3) is 10.9 Å². The largest absolute Gasteiger partial charge is 0.480 e. The van der Waals surface area contributed by atoms with Crippen LogP contribution in [0.4, 0.5) is 0 Å². The molecule has 0 saturated carbocycles. The molecule has 1 aromatic heterocycles. The normalized spacial score (nSPS) is 19.6. The number of benzene rings is 1. The number of rotatable bonds is 11. The molecule has 0 aliphatic carbocycles. The van der Waals surface area contributed by atoms with Gasteiger partial charge in [-0.05, 0) is 37.3 Å². The van der Waals surface area contributed by atoms with E-state index in [1.807, 2.05) is 38.1 Å². The molecule has 11 heteroatoms. The molecule has 202 valence electrons. The van der Waals surface area contributed by atoms with Crippen molar-refractivity contribution in [3.63, 3.8) is 0 Å². The smallest absolute Gasteiger partial charge is 0.326 e. The van der Waals surface area contributed by atoms with Gasteiger partial charge in [-0.25, -0.2) is 4.79 Å². The predicted octanol–water partition coefficient (Wildman–Crippen LogP) is 0.510. The molecular weight excluding hydrogens is 478 g/mol.